The topological polar surface area (TPSA) is 63.6 Å². The second kappa shape index (κ2) is 9.61. The van der Waals surface area contributed by atoms with Crippen LogP contribution in [0.25, 0.3) is 0 Å². The molecule has 0 unspecified atom stereocenters. The van der Waals surface area contributed by atoms with Crippen molar-refractivity contribution in [3.63, 3.8) is 0 Å². The van der Waals surface area contributed by atoms with Crippen LogP contribution >= 0.6 is 0 Å². The van der Waals surface area contributed by atoms with E-state index in [0.29, 0.717) is 6.61 Å². The standard InChI is InChI=1S/C5H8O2.C2H3FO2/c1-3-5(6)7-4-2;3-1-2(4)5/h3H,1,4H2,2H3;1H2,(H,4,5). The number of esters is 1. The van der Waals surface area contributed by atoms with Crippen molar-refractivity contribution in [1.82, 2.24) is 0 Å². The Kier molecular flexibility index (Phi) is 10.6. The van der Waals surface area contributed by atoms with E-state index in [1.807, 2.05) is 0 Å². The summed E-state index contributed by atoms with van der Waals surface area (Å²) >= 11 is 0. The van der Waals surface area contributed by atoms with Crippen molar-refractivity contribution in [1.29, 1.82) is 0 Å². The van der Waals surface area contributed by atoms with Crippen molar-refractivity contribution in [3.8, 4) is 0 Å². The van der Waals surface area contributed by atoms with E-state index in [2.05, 4.69) is 11.3 Å². The zero-order chi connectivity index (χ0) is 9.98. The summed E-state index contributed by atoms with van der Waals surface area (Å²) in [4.78, 5) is 19.1. The molecule has 0 atom stereocenters. The number of ether oxygens (including phenoxy) is 1. The van der Waals surface area contributed by atoms with Crippen LogP contribution in [0.15, 0.2) is 12.7 Å². The van der Waals surface area contributed by atoms with Gasteiger partial charge >= 0.3 is 11.9 Å². The van der Waals surface area contributed by atoms with Gasteiger partial charge in [-0.05, 0) is 6.92 Å². The molecule has 0 bridgehead atoms. The molecule has 0 saturated heterocycles. The summed E-state index contributed by atoms with van der Waals surface area (Å²) in [6.45, 7) is 4.10. The molecule has 0 aliphatic heterocycles. The molecule has 12 heavy (non-hydrogen) atoms. The van der Waals surface area contributed by atoms with Gasteiger partial charge in [0.25, 0.3) is 0 Å². The lowest BCUT2D eigenvalue weighted by Crippen LogP contribution is -1.97. The first-order chi connectivity index (χ1) is 5.58. The Bertz CT molecular complexity index is 155. The molecule has 0 aliphatic rings. The summed E-state index contributed by atoms with van der Waals surface area (Å²) in [5.74, 6) is -1.77. The zero-order valence-corrected chi connectivity index (χ0v) is 6.75. The number of carbonyl (C=O) groups excluding carboxylic acids is 1. The molecule has 0 aliphatic carbocycles. The summed E-state index contributed by atoms with van der Waals surface area (Å²) in [7, 11) is 0. The highest BCUT2D eigenvalue weighted by atomic mass is 19.1. The summed E-state index contributed by atoms with van der Waals surface area (Å²) in [5.41, 5.74) is 0. The second-order valence-electron chi connectivity index (χ2n) is 1.48. The van der Waals surface area contributed by atoms with E-state index < -0.39 is 12.6 Å². The minimum Gasteiger partial charge on any atom is -0.479 e. The molecule has 0 radical (unpaired) electrons. The third-order valence-corrected chi connectivity index (χ3v) is 0.568. The maximum absolute atomic E-state index is 10.5. The number of halogens is 1. The third-order valence-electron chi connectivity index (χ3n) is 0.568. The zero-order valence-electron chi connectivity index (χ0n) is 6.75. The molecule has 4 nitrogen and oxygen atoms in total. The van der Waals surface area contributed by atoms with Crippen LogP contribution in [0.4, 0.5) is 4.39 Å². The number of hydrogen-bond acceptors (Lipinski definition) is 3. The Morgan fingerprint density at radius 3 is 2.17 bits per heavy atom. The van der Waals surface area contributed by atoms with Crippen LogP contribution < -0.4 is 0 Å². The molecule has 5 heteroatoms. The summed E-state index contributed by atoms with van der Waals surface area (Å²) in [5, 5.41) is 7.35. The SMILES string of the molecule is C=CC(=O)OCC.O=C(O)CF. The first-order valence-corrected chi connectivity index (χ1v) is 3.15. The Balaban J connectivity index is 0. The fourth-order valence-corrected chi connectivity index (χ4v) is 0.201. The van der Waals surface area contributed by atoms with Crippen molar-refractivity contribution in [3.05, 3.63) is 12.7 Å². The quantitative estimate of drug-likeness (QED) is 0.512. The number of aliphatic carboxylic acids is 1. The van der Waals surface area contributed by atoms with Gasteiger partial charge < -0.3 is 9.84 Å². The molecule has 1 N–H and O–H groups in total. The molecule has 0 fully saturated rings. The van der Waals surface area contributed by atoms with Gasteiger partial charge in [-0.25, -0.2) is 14.0 Å². The number of rotatable bonds is 3. The van der Waals surface area contributed by atoms with E-state index >= 15 is 0 Å². The predicted molar refractivity (Wildman–Crippen MR) is 40.4 cm³/mol. The van der Waals surface area contributed by atoms with Gasteiger partial charge in [-0.3, -0.25) is 0 Å². The van der Waals surface area contributed by atoms with Gasteiger partial charge in [-0.15, -0.1) is 0 Å². The van der Waals surface area contributed by atoms with Gasteiger partial charge in [0.05, 0.1) is 6.61 Å². The first kappa shape index (κ1) is 13.2. The van der Waals surface area contributed by atoms with Crippen molar-refractivity contribution < 1.29 is 23.8 Å². The molecular weight excluding hydrogens is 167 g/mol. The number of hydrogen-bond donors (Lipinski definition) is 1. The second-order valence-corrected chi connectivity index (χ2v) is 1.48. The third kappa shape index (κ3) is 15.8. The van der Waals surface area contributed by atoms with Gasteiger partial charge in [0.15, 0.2) is 6.67 Å². The molecule has 0 rings (SSSR count). The number of carbonyl (C=O) groups is 2. The smallest absolute Gasteiger partial charge is 0.335 e. The lowest BCUT2D eigenvalue weighted by molar-refractivity contribution is -0.138. The highest BCUT2D eigenvalue weighted by molar-refractivity contribution is 5.81. The molecule has 0 aromatic carbocycles. The number of alkyl halides is 1. The van der Waals surface area contributed by atoms with Crippen LogP contribution in [-0.2, 0) is 14.3 Å². The highest BCUT2D eigenvalue weighted by Gasteiger charge is 1.86. The van der Waals surface area contributed by atoms with E-state index in [4.69, 9.17) is 9.90 Å². The number of carboxylic acid groups (broad SMARTS) is 1. The minimum atomic E-state index is -1.41. The van der Waals surface area contributed by atoms with Crippen molar-refractivity contribution in [2.75, 3.05) is 13.3 Å². The number of carboxylic acids is 1. The van der Waals surface area contributed by atoms with Crippen molar-refractivity contribution in [2.24, 2.45) is 0 Å². The van der Waals surface area contributed by atoms with E-state index in [0.717, 1.165) is 6.08 Å². The molecular formula is C7H11FO4. The van der Waals surface area contributed by atoms with Crippen LogP contribution in [0, 0.1) is 0 Å². The summed E-state index contributed by atoms with van der Waals surface area (Å²) in [6.07, 6.45) is 1.14. The average Bonchev–Trinajstić information content (AvgIpc) is 2.06. The fourth-order valence-electron chi connectivity index (χ4n) is 0.201. The summed E-state index contributed by atoms with van der Waals surface area (Å²) in [6, 6.07) is 0. The lowest BCUT2D eigenvalue weighted by atomic mass is 10.6. The minimum absolute atomic E-state index is 0.359. The summed E-state index contributed by atoms with van der Waals surface area (Å²) < 4.78 is 15.0. The predicted octanol–water partition coefficient (Wildman–Crippen LogP) is 0.776. The molecule has 0 saturated carbocycles. The van der Waals surface area contributed by atoms with E-state index in [9.17, 15) is 9.18 Å². The Morgan fingerprint density at radius 1 is 1.67 bits per heavy atom. The monoisotopic (exact) mass is 178 g/mol. The van der Waals surface area contributed by atoms with Gasteiger partial charge in [0.2, 0.25) is 0 Å². The molecule has 0 aromatic rings. The average molecular weight is 178 g/mol. The van der Waals surface area contributed by atoms with Crippen molar-refractivity contribution >= 4 is 11.9 Å². The Hall–Kier alpha value is -1.39. The van der Waals surface area contributed by atoms with Crippen LogP contribution in [0.5, 0.6) is 0 Å². The molecule has 0 aromatic heterocycles. The first-order valence-electron chi connectivity index (χ1n) is 3.15. The maximum atomic E-state index is 10.5. The molecule has 0 amide bonds. The lowest BCUT2D eigenvalue weighted by Gasteiger charge is -1.90. The van der Waals surface area contributed by atoms with Crippen LogP contribution in [0.1, 0.15) is 6.92 Å². The van der Waals surface area contributed by atoms with E-state index in [1.165, 1.54) is 0 Å². The van der Waals surface area contributed by atoms with Crippen LogP contribution in [0.2, 0.25) is 0 Å². The van der Waals surface area contributed by atoms with Crippen LogP contribution in [0.3, 0.4) is 0 Å². The van der Waals surface area contributed by atoms with Crippen LogP contribution in [-0.4, -0.2) is 30.3 Å². The Morgan fingerprint density at radius 2 is 2.08 bits per heavy atom. The van der Waals surface area contributed by atoms with Gasteiger partial charge in [-0.2, -0.15) is 0 Å². The highest BCUT2D eigenvalue weighted by Crippen LogP contribution is 1.74. The maximum Gasteiger partial charge on any atom is 0.335 e. The fraction of sp³-hybridized carbons (Fsp3) is 0.429. The van der Waals surface area contributed by atoms with Crippen molar-refractivity contribution in [2.45, 2.75) is 6.92 Å². The van der Waals surface area contributed by atoms with Gasteiger partial charge in [0.1, 0.15) is 0 Å². The molecule has 0 spiro atoms. The Labute approximate surface area is 69.6 Å². The molecule has 70 valence electrons. The van der Waals surface area contributed by atoms with E-state index in [-0.39, 0.29) is 5.97 Å². The van der Waals surface area contributed by atoms with Gasteiger partial charge in [-0.1, -0.05) is 6.58 Å². The van der Waals surface area contributed by atoms with Gasteiger partial charge in [0, 0.05) is 6.08 Å². The largest absolute Gasteiger partial charge is 0.479 e. The normalized spacial score (nSPS) is 7.50. The molecule has 0 heterocycles. The van der Waals surface area contributed by atoms with E-state index in [1.54, 1.807) is 6.92 Å².